The van der Waals surface area contributed by atoms with E-state index in [-0.39, 0.29) is 0 Å². The Kier molecular flexibility index (Phi) is 1.67. The number of carbonyl (C=O) groups excluding carboxylic acids is 1. The number of nitrogens with two attached hydrogens (primary N) is 1. The van der Waals surface area contributed by atoms with E-state index in [2.05, 4.69) is 4.98 Å². The van der Waals surface area contributed by atoms with E-state index >= 15 is 0 Å². The monoisotopic (exact) mass is 136 g/mol. The lowest BCUT2D eigenvalue weighted by Crippen LogP contribution is -1.93. The molecule has 0 aliphatic rings. The smallest absolute Gasteiger partial charge is 0.151 e. The Morgan fingerprint density at radius 3 is 2.90 bits per heavy atom. The van der Waals surface area contributed by atoms with Gasteiger partial charge in [0, 0.05) is 11.8 Å². The molecule has 0 aliphatic heterocycles. The highest BCUT2D eigenvalue weighted by molar-refractivity contribution is 5.76. The van der Waals surface area contributed by atoms with Crippen molar-refractivity contribution < 1.29 is 4.79 Å². The second-order valence-electron chi connectivity index (χ2n) is 2.08. The fourth-order valence-corrected chi connectivity index (χ4v) is 0.712. The molecule has 0 saturated heterocycles. The first kappa shape index (κ1) is 6.74. The average Bonchev–Trinajstić information content (AvgIpc) is 1.88. The fraction of sp³-hybridized carbons (Fsp3) is 0.143. The van der Waals surface area contributed by atoms with Gasteiger partial charge in [-0.15, -0.1) is 0 Å². The van der Waals surface area contributed by atoms with E-state index in [0.29, 0.717) is 11.4 Å². The van der Waals surface area contributed by atoms with Crippen LogP contribution in [0.15, 0.2) is 12.3 Å². The molecule has 0 fully saturated rings. The Balaban J connectivity index is 3.19. The van der Waals surface area contributed by atoms with Gasteiger partial charge in [-0.2, -0.15) is 0 Å². The van der Waals surface area contributed by atoms with E-state index in [1.54, 1.807) is 6.07 Å². The quantitative estimate of drug-likeness (QED) is 0.580. The molecule has 0 aliphatic carbocycles. The summed E-state index contributed by atoms with van der Waals surface area (Å²) in [4.78, 5) is 14.0. The van der Waals surface area contributed by atoms with Crippen LogP contribution in [0.2, 0.25) is 0 Å². The lowest BCUT2D eigenvalue weighted by atomic mass is 10.2. The summed E-state index contributed by atoms with van der Waals surface area (Å²) in [5.41, 5.74) is 6.81. The van der Waals surface area contributed by atoms with Gasteiger partial charge in [0.2, 0.25) is 0 Å². The topological polar surface area (TPSA) is 56.0 Å². The van der Waals surface area contributed by atoms with Gasteiger partial charge in [0.1, 0.15) is 5.82 Å². The summed E-state index contributed by atoms with van der Waals surface area (Å²) in [5, 5.41) is 0. The highest BCUT2D eigenvalue weighted by Gasteiger charge is 1.95. The van der Waals surface area contributed by atoms with Gasteiger partial charge in [-0.1, -0.05) is 0 Å². The third-order valence-electron chi connectivity index (χ3n) is 1.30. The first-order chi connectivity index (χ1) is 4.74. The van der Waals surface area contributed by atoms with Crippen LogP contribution >= 0.6 is 0 Å². The molecule has 52 valence electrons. The number of hydrogen-bond donors (Lipinski definition) is 1. The maximum atomic E-state index is 10.3. The number of nitrogen functional groups attached to an aromatic ring is 1. The van der Waals surface area contributed by atoms with E-state index in [0.717, 1.165) is 11.8 Å². The van der Waals surface area contributed by atoms with Gasteiger partial charge in [-0.3, -0.25) is 4.79 Å². The number of aromatic nitrogens is 1. The lowest BCUT2D eigenvalue weighted by molar-refractivity contribution is 0.112. The van der Waals surface area contributed by atoms with Gasteiger partial charge in [-0.25, -0.2) is 4.98 Å². The number of hydrogen-bond acceptors (Lipinski definition) is 3. The van der Waals surface area contributed by atoms with Crippen molar-refractivity contribution >= 4 is 12.1 Å². The SMILES string of the molecule is Cc1cc(N)ncc1C=O. The molecule has 0 amide bonds. The van der Waals surface area contributed by atoms with Crippen molar-refractivity contribution in [2.75, 3.05) is 5.73 Å². The first-order valence-electron chi connectivity index (χ1n) is 2.91. The van der Waals surface area contributed by atoms with Gasteiger partial charge < -0.3 is 5.73 Å². The molecule has 0 spiro atoms. The molecule has 0 bridgehead atoms. The van der Waals surface area contributed by atoms with Crippen molar-refractivity contribution in [1.82, 2.24) is 4.98 Å². The molecule has 1 aromatic heterocycles. The van der Waals surface area contributed by atoms with Gasteiger partial charge >= 0.3 is 0 Å². The van der Waals surface area contributed by atoms with Gasteiger partial charge in [0.15, 0.2) is 6.29 Å². The zero-order valence-electron chi connectivity index (χ0n) is 5.66. The molecule has 0 atom stereocenters. The molecule has 1 heterocycles. The average molecular weight is 136 g/mol. The number of carbonyl (C=O) groups is 1. The third kappa shape index (κ3) is 1.13. The summed E-state index contributed by atoms with van der Waals surface area (Å²) in [6, 6.07) is 1.67. The molecular weight excluding hydrogens is 128 g/mol. The molecule has 1 aromatic rings. The Morgan fingerprint density at radius 1 is 1.70 bits per heavy atom. The summed E-state index contributed by atoms with van der Waals surface area (Å²) in [5.74, 6) is 0.447. The maximum Gasteiger partial charge on any atom is 0.151 e. The molecule has 0 radical (unpaired) electrons. The molecule has 1 rings (SSSR count). The van der Waals surface area contributed by atoms with Crippen LogP contribution in [0, 0.1) is 6.92 Å². The van der Waals surface area contributed by atoms with Crippen LogP contribution in [0.3, 0.4) is 0 Å². The summed E-state index contributed by atoms with van der Waals surface area (Å²) in [6.07, 6.45) is 2.24. The molecule has 0 unspecified atom stereocenters. The standard InChI is InChI=1S/C7H8N2O/c1-5-2-7(8)9-3-6(5)4-10/h2-4H,1H3,(H2,8,9). The van der Waals surface area contributed by atoms with Crippen molar-refractivity contribution in [2.45, 2.75) is 6.92 Å². The number of rotatable bonds is 1. The Morgan fingerprint density at radius 2 is 2.40 bits per heavy atom. The Bertz CT molecular complexity index is 258. The minimum absolute atomic E-state index is 0.447. The van der Waals surface area contributed by atoms with Gasteiger partial charge in [0.25, 0.3) is 0 Å². The summed E-state index contributed by atoms with van der Waals surface area (Å²) in [7, 11) is 0. The van der Waals surface area contributed by atoms with Crippen molar-refractivity contribution in [3.05, 3.63) is 23.4 Å². The maximum absolute atomic E-state index is 10.3. The van der Waals surface area contributed by atoms with E-state index < -0.39 is 0 Å². The second kappa shape index (κ2) is 2.47. The second-order valence-corrected chi connectivity index (χ2v) is 2.08. The molecule has 0 saturated carbocycles. The molecular formula is C7H8N2O. The Hall–Kier alpha value is -1.38. The molecule has 3 nitrogen and oxygen atoms in total. The van der Waals surface area contributed by atoms with Crippen molar-refractivity contribution in [1.29, 1.82) is 0 Å². The van der Waals surface area contributed by atoms with Gasteiger partial charge in [-0.05, 0) is 18.6 Å². The van der Waals surface area contributed by atoms with E-state index in [4.69, 9.17) is 5.73 Å². The molecule has 0 aromatic carbocycles. The summed E-state index contributed by atoms with van der Waals surface area (Å²) < 4.78 is 0. The minimum Gasteiger partial charge on any atom is -0.384 e. The van der Waals surface area contributed by atoms with Crippen LogP contribution in [0.5, 0.6) is 0 Å². The lowest BCUT2D eigenvalue weighted by Gasteiger charge is -1.96. The zero-order chi connectivity index (χ0) is 7.56. The number of aldehydes is 1. The summed E-state index contributed by atoms with van der Waals surface area (Å²) in [6.45, 7) is 1.82. The first-order valence-corrected chi connectivity index (χ1v) is 2.91. The largest absolute Gasteiger partial charge is 0.384 e. The van der Waals surface area contributed by atoms with Crippen LogP contribution in [-0.4, -0.2) is 11.3 Å². The van der Waals surface area contributed by atoms with E-state index in [1.807, 2.05) is 6.92 Å². The zero-order valence-corrected chi connectivity index (χ0v) is 5.66. The minimum atomic E-state index is 0.447. The van der Waals surface area contributed by atoms with Crippen LogP contribution in [0.1, 0.15) is 15.9 Å². The van der Waals surface area contributed by atoms with Crippen LogP contribution in [-0.2, 0) is 0 Å². The van der Waals surface area contributed by atoms with Crippen LogP contribution < -0.4 is 5.73 Å². The van der Waals surface area contributed by atoms with Crippen molar-refractivity contribution in [3.8, 4) is 0 Å². The predicted molar refractivity (Wildman–Crippen MR) is 38.8 cm³/mol. The third-order valence-corrected chi connectivity index (χ3v) is 1.30. The molecule has 3 heteroatoms. The number of pyridine rings is 1. The van der Waals surface area contributed by atoms with Gasteiger partial charge in [0.05, 0.1) is 0 Å². The molecule has 2 N–H and O–H groups in total. The summed E-state index contributed by atoms with van der Waals surface area (Å²) >= 11 is 0. The number of aryl methyl sites for hydroxylation is 1. The normalized spacial score (nSPS) is 9.30. The van der Waals surface area contributed by atoms with E-state index in [9.17, 15) is 4.79 Å². The number of nitrogens with zero attached hydrogens (tertiary/aromatic N) is 1. The van der Waals surface area contributed by atoms with Crippen molar-refractivity contribution in [3.63, 3.8) is 0 Å². The highest BCUT2D eigenvalue weighted by atomic mass is 16.1. The number of anilines is 1. The Labute approximate surface area is 58.9 Å². The van der Waals surface area contributed by atoms with E-state index in [1.165, 1.54) is 6.20 Å². The van der Waals surface area contributed by atoms with Crippen LogP contribution in [0.4, 0.5) is 5.82 Å². The fourth-order valence-electron chi connectivity index (χ4n) is 0.712. The van der Waals surface area contributed by atoms with Crippen LogP contribution in [0.25, 0.3) is 0 Å². The predicted octanol–water partition coefficient (Wildman–Crippen LogP) is 0.785. The van der Waals surface area contributed by atoms with Crippen molar-refractivity contribution in [2.24, 2.45) is 0 Å². The molecule has 10 heavy (non-hydrogen) atoms. The highest BCUT2D eigenvalue weighted by Crippen LogP contribution is 2.05.